The first-order chi connectivity index (χ1) is 7.90. The molecule has 0 saturated heterocycles. The smallest absolute Gasteiger partial charge is 0.251 e. The normalized spacial score (nSPS) is 21.0. The monoisotopic (exact) mass is 297 g/mol. The van der Waals surface area contributed by atoms with Crippen LogP contribution in [-0.4, -0.2) is 17.6 Å². The van der Waals surface area contributed by atoms with Crippen LogP contribution < -0.4 is 5.32 Å². The van der Waals surface area contributed by atoms with E-state index in [0.717, 1.165) is 0 Å². The molecule has 3 nitrogen and oxygen atoms in total. The highest BCUT2D eigenvalue weighted by molar-refractivity contribution is 9.10. The molecule has 2 rings (SSSR count). The quantitative estimate of drug-likeness (QED) is 0.901. The van der Waals surface area contributed by atoms with Crippen molar-refractivity contribution >= 4 is 21.8 Å². The number of halogens is 1. The maximum Gasteiger partial charge on any atom is 0.251 e. The zero-order chi connectivity index (χ0) is 12.6. The van der Waals surface area contributed by atoms with Gasteiger partial charge in [0.15, 0.2) is 0 Å². The largest absolute Gasteiger partial charge is 0.507 e. The van der Waals surface area contributed by atoms with Gasteiger partial charge >= 0.3 is 0 Å². The summed E-state index contributed by atoms with van der Waals surface area (Å²) >= 11 is 3.18. The topological polar surface area (TPSA) is 49.3 Å². The van der Waals surface area contributed by atoms with Crippen LogP contribution in [0.5, 0.6) is 5.75 Å². The SMILES string of the molecule is CC1(C)CC1CNC(=O)c1ccc(Br)c(O)c1. The number of carbonyl (C=O) groups is 1. The van der Waals surface area contributed by atoms with Gasteiger partial charge in [-0.1, -0.05) is 13.8 Å². The van der Waals surface area contributed by atoms with E-state index in [4.69, 9.17) is 0 Å². The van der Waals surface area contributed by atoms with Gasteiger partial charge in [0, 0.05) is 12.1 Å². The summed E-state index contributed by atoms with van der Waals surface area (Å²) in [5, 5.41) is 12.4. The molecule has 1 aromatic rings. The molecule has 0 aliphatic heterocycles. The molecule has 2 N–H and O–H groups in total. The molecule has 0 bridgehead atoms. The second-order valence-corrected chi connectivity index (χ2v) is 6.12. The Morgan fingerprint density at radius 3 is 2.76 bits per heavy atom. The van der Waals surface area contributed by atoms with Crippen molar-refractivity contribution in [2.24, 2.45) is 11.3 Å². The van der Waals surface area contributed by atoms with Gasteiger partial charge in [0.1, 0.15) is 5.75 Å². The van der Waals surface area contributed by atoms with Gasteiger partial charge in [-0.05, 0) is 51.9 Å². The zero-order valence-electron chi connectivity index (χ0n) is 9.96. The first-order valence-electron chi connectivity index (χ1n) is 5.67. The summed E-state index contributed by atoms with van der Waals surface area (Å²) in [4.78, 5) is 11.8. The lowest BCUT2D eigenvalue weighted by molar-refractivity contribution is 0.0950. The van der Waals surface area contributed by atoms with E-state index >= 15 is 0 Å². The number of hydrogen-bond acceptors (Lipinski definition) is 2. The summed E-state index contributed by atoms with van der Waals surface area (Å²) in [6.45, 7) is 5.12. The van der Waals surface area contributed by atoms with E-state index in [-0.39, 0.29) is 11.7 Å². The number of carbonyl (C=O) groups excluding carboxylic acids is 1. The van der Waals surface area contributed by atoms with Crippen LogP contribution in [0.25, 0.3) is 0 Å². The van der Waals surface area contributed by atoms with Gasteiger partial charge in [-0.2, -0.15) is 0 Å². The van der Waals surface area contributed by atoms with E-state index in [0.29, 0.717) is 27.9 Å². The molecule has 17 heavy (non-hydrogen) atoms. The van der Waals surface area contributed by atoms with Gasteiger partial charge in [0.25, 0.3) is 5.91 Å². The number of benzene rings is 1. The van der Waals surface area contributed by atoms with E-state index in [1.54, 1.807) is 12.1 Å². The molecule has 0 heterocycles. The van der Waals surface area contributed by atoms with Crippen molar-refractivity contribution in [2.75, 3.05) is 6.54 Å². The maximum absolute atomic E-state index is 11.8. The molecule has 4 heteroatoms. The van der Waals surface area contributed by atoms with Crippen molar-refractivity contribution in [3.8, 4) is 5.75 Å². The first kappa shape index (κ1) is 12.4. The summed E-state index contributed by atoms with van der Waals surface area (Å²) in [7, 11) is 0. The minimum absolute atomic E-state index is 0.0874. The van der Waals surface area contributed by atoms with Crippen LogP contribution in [0.3, 0.4) is 0 Å². The highest BCUT2D eigenvalue weighted by Crippen LogP contribution is 2.50. The lowest BCUT2D eigenvalue weighted by Gasteiger charge is -2.07. The predicted molar refractivity (Wildman–Crippen MR) is 70.0 cm³/mol. The fourth-order valence-corrected chi connectivity index (χ4v) is 2.14. The molecule has 1 aliphatic rings. The molecule has 92 valence electrons. The van der Waals surface area contributed by atoms with Gasteiger partial charge in [0.05, 0.1) is 4.47 Å². The Kier molecular flexibility index (Phi) is 3.17. The molecular formula is C13H16BrNO2. The summed E-state index contributed by atoms with van der Waals surface area (Å²) in [5.74, 6) is 0.537. The second kappa shape index (κ2) is 4.33. The van der Waals surface area contributed by atoms with Crippen LogP contribution in [0.15, 0.2) is 22.7 Å². The van der Waals surface area contributed by atoms with Crippen molar-refractivity contribution in [2.45, 2.75) is 20.3 Å². The third-order valence-corrected chi connectivity index (χ3v) is 4.11. The molecule has 1 amide bonds. The van der Waals surface area contributed by atoms with E-state index in [1.807, 2.05) is 0 Å². The Balaban J connectivity index is 1.93. The molecular weight excluding hydrogens is 282 g/mol. The summed E-state index contributed by atoms with van der Waals surface area (Å²) in [5.41, 5.74) is 0.860. The third kappa shape index (κ3) is 2.80. The Bertz CT molecular complexity index is 457. The molecule has 1 aromatic carbocycles. The van der Waals surface area contributed by atoms with Crippen molar-refractivity contribution in [3.05, 3.63) is 28.2 Å². The Labute approximate surface area is 109 Å². The van der Waals surface area contributed by atoms with E-state index < -0.39 is 0 Å². The van der Waals surface area contributed by atoms with Crippen molar-refractivity contribution in [1.82, 2.24) is 5.32 Å². The second-order valence-electron chi connectivity index (χ2n) is 5.27. The van der Waals surface area contributed by atoms with E-state index in [2.05, 4.69) is 35.1 Å². The average Bonchev–Trinajstić information content (AvgIpc) is 2.87. The third-order valence-electron chi connectivity index (χ3n) is 3.43. The molecule has 1 saturated carbocycles. The lowest BCUT2D eigenvalue weighted by Crippen LogP contribution is -2.26. The highest BCUT2D eigenvalue weighted by Gasteiger charge is 2.45. The Morgan fingerprint density at radius 2 is 2.24 bits per heavy atom. The number of aromatic hydroxyl groups is 1. The molecule has 1 fully saturated rings. The molecule has 1 atom stereocenters. The minimum atomic E-state index is -0.129. The van der Waals surface area contributed by atoms with Gasteiger partial charge < -0.3 is 10.4 Å². The lowest BCUT2D eigenvalue weighted by atomic mass is 10.1. The number of rotatable bonds is 3. The number of hydrogen-bond donors (Lipinski definition) is 2. The van der Waals surface area contributed by atoms with Gasteiger partial charge in [-0.15, -0.1) is 0 Å². The summed E-state index contributed by atoms with van der Waals surface area (Å²) in [6, 6.07) is 4.83. The minimum Gasteiger partial charge on any atom is -0.507 e. The molecule has 1 aliphatic carbocycles. The van der Waals surface area contributed by atoms with Crippen molar-refractivity contribution in [3.63, 3.8) is 0 Å². The Morgan fingerprint density at radius 1 is 1.59 bits per heavy atom. The number of phenols is 1. The van der Waals surface area contributed by atoms with Crippen LogP contribution in [0.4, 0.5) is 0 Å². The Hall–Kier alpha value is -1.03. The van der Waals surface area contributed by atoms with Crippen LogP contribution in [-0.2, 0) is 0 Å². The van der Waals surface area contributed by atoms with Gasteiger partial charge in [-0.3, -0.25) is 4.79 Å². The maximum atomic E-state index is 11.8. The molecule has 0 aromatic heterocycles. The number of phenolic OH excluding ortho intramolecular Hbond substituents is 1. The van der Waals surface area contributed by atoms with Crippen LogP contribution >= 0.6 is 15.9 Å². The fourth-order valence-electron chi connectivity index (χ4n) is 1.90. The van der Waals surface area contributed by atoms with E-state index in [1.165, 1.54) is 12.5 Å². The standard InChI is InChI=1S/C13H16BrNO2/c1-13(2)6-9(13)7-15-12(17)8-3-4-10(14)11(16)5-8/h3-5,9,16H,6-7H2,1-2H3,(H,15,17). The van der Waals surface area contributed by atoms with Gasteiger partial charge in [-0.25, -0.2) is 0 Å². The van der Waals surface area contributed by atoms with Crippen molar-refractivity contribution < 1.29 is 9.90 Å². The highest BCUT2D eigenvalue weighted by atomic mass is 79.9. The first-order valence-corrected chi connectivity index (χ1v) is 6.46. The molecule has 0 spiro atoms. The zero-order valence-corrected chi connectivity index (χ0v) is 11.5. The van der Waals surface area contributed by atoms with Crippen molar-refractivity contribution in [1.29, 1.82) is 0 Å². The van der Waals surface area contributed by atoms with Crippen LogP contribution in [0.2, 0.25) is 0 Å². The van der Waals surface area contributed by atoms with Crippen LogP contribution in [0, 0.1) is 11.3 Å². The average molecular weight is 298 g/mol. The predicted octanol–water partition coefficient (Wildman–Crippen LogP) is 2.93. The fraction of sp³-hybridized carbons (Fsp3) is 0.462. The van der Waals surface area contributed by atoms with E-state index in [9.17, 15) is 9.90 Å². The molecule has 1 unspecified atom stereocenters. The number of nitrogens with one attached hydrogen (secondary N) is 1. The molecule has 0 radical (unpaired) electrons. The van der Waals surface area contributed by atoms with Crippen LogP contribution in [0.1, 0.15) is 30.6 Å². The van der Waals surface area contributed by atoms with Gasteiger partial charge in [0.2, 0.25) is 0 Å². The summed E-state index contributed by atoms with van der Waals surface area (Å²) < 4.78 is 0.595. The summed E-state index contributed by atoms with van der Waals surface area (Å²) in [6.07, 6.45) is 1.17. The number of amides is 1.